The number of rotatable bonds is 5. The van der Waals surface area contributed by atoms with E-state index in [0.717, 1.165) is 18.2 Å². The molecule has 1 heterocycles. The molecule has 2 fully saturated rings. The van der Waals surface area contributed by atoms with Crippen LogP contribution in [0.4, 0.5) is 13.2 Å². The van der Waals surface area contributed by atoms with Crippen molar-refractivity contribution in [3.05, 3.63) is 34.6 Å². The van der Waals surface area contributed by atoms with E-state index in [2.05, 4.69) is 0 Å². The quantitative estimate of drug-likeness (QED) is 0.697. The topological polar surface area (TPSA) is 72.6 Å². The Morgan fingerprint density at radius 3 is 2.43 bits per heavy atom. The highest BCUT2D eigenvalue weighted by atomic mass is 35.5. The van der Waals surface area contributed by atoms with Gasteiger partial charge in [0.25, 0.3) is 5.92 Å². The molecular formula is C21H26ClF3N2O3. The monoisotopic (exact) mass is 446 g/mol. The summed E-state index contributed by atoms with van der Waals surface area (Å²) in [6.07, 6.45) is 0.975. The van der Waals surface area contributed by atoms with Gasteiger partial charge in [0.1, 0.15) is 12.4 Å². The number of hydrogen-bond donors (Lipinski definition) is 1. The minimum Gasteiger partial charge on any atom is -0.464 e. The molecule has 1 saturated carbocycles. The molecule has 0 unspecified atom stereocenters. The third kappa shape index (κ3) is 4.30. The van der Waals surface area contributed by atoms with Crippen LogP contribution in [0.2, 0.25) is 5.02 Å². The molecule has 1 amide bonds. The van der Waals surface area contributed by atoms with Gasteiger partial charge in [0.05, 0.1) is 10.6 Å². The summed E-state index contributed by atoms with van der Waals surface area (Å²) in [5.41, 5.74) is 3.60. The first-order valence-electron chi connectivity index (χ1n) is 9.91. The number of carbonyl (C=O) groups excluding carboxylic acids is 2. The van der Waals surface area contributed by atoms with Crippen molar-refractivity contribution in [2.75, 3.05) is 19.7 Å². The maximum absolute atomic E-state index is 15.3. The van der Waals surface area contributed by atoms with E-state index < -0.39 is 34.2 Å². The second-order valence-corrected chi connectivity index (χ2v) is 9.24. The molecule has 9 heteroatoms. The highest BCUT2D eigenvalue weighted by Gasteiger charge is 2.54. The second-order valence-electron chi connectivity index (χ2n) is 8.83. The predicted molar refractivity (Wildman–Crippen MR) is 106 cm³/mol. The normalized spacial score (nSPS) is 26.1. The standard InChI is InChI=1S/C21H26ClF3N2O3/c1-13(28)30-12-20(26)10-14(11-20)18(29)27-7-5-19(2,6-8-27)21(24,25)16-4-3-15(23)9-17(16)22/h3-4,9,14H,5-8,10-12,26H2,1-2H3. The summed E-state index contributed by atoms with van der Waals surface area (Å²) < 4.78 is 48.7. The molecule has 0 aromatic heterocycles. The van der Waals surface area contributed by atoms with Crippen molar-refractivity contribution >= 4 is 23.5 Å². The maximum atomic E-state index is 15.3. The van der Waals surface area contributed by atoms with E-state index in [1.165, 1.54) is 13.8 Å². The number of esters is 1. The molecule has 5 nitrogen and oxygen atoms in total. The number of alkyl halides is 2. The van der Waals surface area contributed by atoms with E-state index in [1.54, 1.807) is 4.90 Å². The van der Waals surface area contributed by atoms with Gasteiger partial charge in [0, 0.05) is 36.9 Å². The van der Waals surface area contributed by atoms with Crippen LogP contribution in [0, 0.1) is 17.2 Å². The molecule has 2 aliphatic rings. The first kappa shape index (κ1) is 22.9. The molecule has 0 radical (unpaired) electrons. The van der Waals surface area contributed by atoms with Crippen LogP contribution in [0.25, 0.3) is 0 Å². The van der Waals surface area contributed by atoms with Crippen LogP contribution in [0.15, 0.2) is 18.2 Å². The molecule has 3 rings (SSSR count). The van der Waals surface area contributed by atoms with E-state index in [4.69, 9.17) is 22.1 Å². The number of hydrogen-bond acceptors (Lipinski definition) is 4. The van der Waals surface area contributed by atoms with Gasteiger partial charge in [-0.1, -0.05) is 18.5 Å². The van der Waals surface area contributed by atoms with Gasteiger partial charge in [-0.25, -0.2) is 13.2 Å². The zero-order valence-corrected chi connectivity index (χ0v) is 17.8. The Kier molecular flexibility index (Phi) is 6.13. The van der Waals surface area contributed by atoms with Crippen LogP contribution < -0.4 is 5.73 Å². The summed E-state index contributed by atoms with van der Waals surface area (Å²) in [5, 5.41) is -0.304. The van der Waals surface area contributed by atoms with Crippen molar-refractivity contribution in [1.29, 1.82) is 0 Å². The molecule has 0 atom stereocenters. The number of halogens is 4. The van der Waals surface area contributed by atoms with E-state index >= 15 is 8.78 Å². The Morgan fingerprint density at radius 2 is 1.90 bits per heavy atom. The van der Waals surface area contributed by atoms with Crippen molar-refractivity contribution in [3.63, 3.8) is 0 Å². The van der Waals surface area contributed by atoms with Crippen molar-refractivity contribution in [2.45, 2.75) is 51.0 Å². The van der Waals surface area contributed by atoms with Crippen LogP contribution in [-0.2, 0) is 20.2 Å². The summed E-state index contributed by atoms with van der Waals surface area (Å²) in [6, 6.07) is 2.89. The van der Waals surface area contributed by atoms with E-state index in [-0.39, 0.29) is 49.4 Å². The number of likely N-dealkylation sites (tertiary alicyclic amines) is 1. The van der Waals surface area contributed by atoms with Crippen LogP contribution in [-0.4, -0.2) is 42.0 Å². The zero-order chi connectivity index (χ0) is 22.3. The highest BCUT2D eigenvalue weighted by molar-refractivity contribution is 6.31. The fraction of sp³-hybridized carbons (Fsp3) is 0.619. The van der Waals surface area contributed by atoms with E-state index in [0.29, 0.717) is 12.8 Å². The van der Waals surface area contributed by atoms with Gasteiger partial charge in [-0.05, 0) is 43.9 Å². The minimum absolute atomic E-state index is 0.0643. The molecule has 0 bridgehead atoms. The van der Waals surface area contributed by atoms with Gasteiger partial charge in [-0.15, -0.1) is 0 Å². The number of nitrogens with zero attached hydrogens (tertiary/aromatic N) is 1. The fourth-order valence-electron chi connectivity index (χ4n) is 4.32. The van der Waals surface area contributed by atoms with Crippen molar-refractivity contribution in [2.24, 2.45) is 17.1 Å². The molecule has 166 valence electrons. The number of benzene rings is 1. The van der Waals surface area contributed by atoms with Crippen LogP contribution >= 0.6 is 11.6 Å². The lowest BCUT2D eigenvalue weighted by atomic mass is 9.68. The summed E-state index contributed by atoms with van der Waals surface area (Å²) in [7, 11) is 0. The predicted octanol–water partition coefficient (Wildman–Crippen LogP) is 3.87. The Bertz CT molecular complexity index is 835. The average molecular weight is 447 g/mol. The summed E-state index contributed by atoms with van der Waals surface area (Å²) in [4.78, 5) is 25.3. The van der Waals surface area contributed by atoms with E-state index in [1.807, 2.05) is 0 Å². The van der Waals surface area contributed by atoms with E-state index in [9.17, 15) is 14.0 Å². The SMILES string of the molecule is CC(=O)OCC1(N)CC(C(=O)N2CCC(C)(C(F)(F)c3ccc(F)cc3Cl)CC2)C1. The smallest absolute Gasteiger partial charge is 0.302 e. The number of piperidine rings is 1. The Hall–Kier alpha value is -1.80. The molecule has 0 spiro atoms. The average Bonchev–Trinajstić information content (AvgIpc) is 2.63. The lowest BCUT2D eigenvalue weighted by molar-refractivity contribution is -0.161. The number of ether oxygens (including phenoxy) is 1. The molecule has 1 aromatic rings. The molecule has 1 aliphatic heterocycles. The number of amides is 1. The number of carbonyl (C=O) groups is 2. The van der Waals surface area contributed by atoms with Gasteiger partial charge < -0.3 is 15.4 Å². The Morgan fingerprint density at radius 1 is 1.30 bits per heavy atom. The summed E-state index contributed by atoms with van der Waals surface area (Å²) >= 11 is 5.89. The number of nitrogens with two attached hydrogens (primary N) is 1. The van der Waals surface area contributed by atoms with Crippen LogP contribution in [0.3, 0.4) is 0 Å². The molecule has 1 aliphatic carbocycles. The van der Waals surface area contributed by atoms with Gasteiger partial charge >= 0.3 is 5.97 Å². The Balaban J connectivity index is 1.60. The minimum atomic E-state index is -3.26. The molecule has 1 saturated heterocycles. The molecule has 2 N–H and O–H groups in total. The van der Waals surface area contributed by atoms with Crippen molar-refractivity contribution in [1.82, 2.24) is 4.90 Å². The van der Waals surface area contributed by atoms with Crippen molar-refractivity contribution < 1.29 is 27.5 Å². The first-order valence-corrected chi connectivity index (χ1v) is 10.3. The largest absolute Gasteiger partial charge is 0.464 e. The third-order valence-electron chi connectivity index (χ3n) is 6.42. The van der Waals surface area contributed by atoms with Gasteiger partial charge in [0.2, 0.25) is 5.91 Å². The molecular weight excluding hydrogens is 421 g/mol. The van der Waals surface area contributed by atoms with Crippen LogP contribution in [0.5, 0.6) is 0 Å². The third-order valence-corrected chi connectivity index (χ3v) is 6.74. The van der Waals surface area contributed by atoms with Gasteiger partial charge in [-0.2, -0.15) is 0 Å². The molecule has 30 heavy (non-hydrogen) atoms. The van der Waals surface area contributed by atoms with Crippen LogP contribution in [0.1, 0.15) is 45.1 Å². The first-order chi connectivity index (χ1) is 13.9. The lowest BCUT2D eigenvalue weighted by Gasteiger charge is -2.48. The summed E-state index contributed by atoms with van der Waals surface area (Å²) in [6.45, 7) is 3.23. The fourth-order valence-corrected chi connectivity index (χ4v) is 4.61. The highest BCUT2D eigenvalue weighted by Crippen LogP contribution is 2.53. The zero-order valence-electron chi connectivity index (χ0n) is 17.0. The molecule has 1 aromatic carbocycles. The van der Waals surface area contributed by atoms with Gasteiger partial charge in [-0.3, -0.25) is 9.59 Å². The maximum Gasteiger partial charge on any atom is 0.302 e. The Labute approximate surface area is 178 Å². The lowest BCUT2D eigenvalue weighted by Crippen LogP contribution is -2.60. The second kappa shape index (κ2) is 8.04. The van der Waals surface area contributed by atoms with Gasteiger partial charge in [0.15, 0.2) is 0 Å². The van der Waals surface area contributed by atoms with Crippen molar-refractivity contribution in [3.8, 4) is 0 Å². The summed E-state index contributed by atoms with van der Waals surface area (Å²) in [5.74, 6) is -4.76.